The summed E-state index contributed by atoms with van der Waals surface area (Å²) in [6.45, 7) is 9.93. The van der Waals surface area contributed by atoms with E-state index in [0.717, 1.165) is 0 Å². The lowest BCUT2D eigenvalue weighted by atomic mass is 10.1. The van der Waals surface area contributed by atoms with Gasteiger partial charge in [0, 0.05) is 4.91 Å². The lowest BCUT2D eigenvalue weighted by molar-refractivity contribution is -0.161. The Kier molecular flexibility index (Phi) is 5.27. The van der Waals surface area contributed by atoms with Crippen molar-refractivity contribution in [2.75, 3.05) is 0 Å². The van der Waals surface area contributed by atoms with Gasteiger partial charge in [-0.1, -0.05) is 5.11 Å². The molecule has 0 unspecified atom stereocenters. The molecule has 9 heteroatoms. The molecule has 0 aromatic carbocycles. The molecule has 1 aliphatic rings. The van der Waals surface area contributed by atoms with Crippen LogP contribution in [0.3, 0.4) is 0 Å². The van der Waals surface area contributed by atoms with E-state index in [9.17, 15) is 14.4 Å². The van der Waals surface area contributed by atoms with Gasteiger partial charge in [0.2, 0.25) is 5.91 Å². The van der Waals surface area contributed by atoms with E-state index < -0.39 is 41.3 Å². The molecule has 0 N–H and O–H groups in total. The molecular weight excluding hydrogens is 304 g/mol. The Balaban J connectivity index is 3.08. The lowest BCUT2D eigenvalue weighted by Crippen LogP contribution is -2.47. The molecule has 128 valence electrons. The zero-order chi connectivity index (χ0) is 18.0. The number of azide groups is 1. The van der Waals surface area contributed by atoms with Gasteiger partial charge in [0.05, 0.1) is 0 Å². The number of esters is 1. The van der Waals surface area contributed by atoms with E-state index in [2.05, 4.69) is 10.0 Å². The van der Waals surface area contributed by atoms with Crippen molar-refractivity contribution in [3.8, 4) is 0 Å². The van der Waals surface area contributed by atoms with Crippen LogP contribution in [-0.4, -0.2) is 46.2 Å². The normalized spacial score (nSPS) is 21.7. The highest BCUT2D eigenvalue weighted by Gasteiger charge is 2.49. The number of rotatable bonds is 2. The van der Waals surface area contributed by atoms with Crippen molar-refractivity contribution in [2.24, 2.45) is 5.11 Å². The second kappa shape index (κ2) is 6.45. The summed E-state index contributed by atoms with van der Waals surface area (Å²) in [4.78, 5) is 40.0. The van der Waals surface area contributed by atoms with Gasteiger partial charge in [0.15, 0.2) is 0 Å². The standard InChI is InChI=1S/C14H22N4O5/c1-13(2,3)22-11(20)9-7-8(16-17-15)10(19)18(9)12(21)23-14(4,5)6/h8-9H,7H2,1-6H3/t8-,9-/m0/s1. The van der Waals surface area contributed by atoms with Gasteiger partial charge in [-0.2, -0.15) is 0 Å². The molecule has 0 aromatic heterocycles. The average Bonchev–Trinajstić information content (AvgIpc) is 2.63. The topological polar surface area (TPSA) is 122 Å². The summed E-state index contributed by atoms with van der Waals surface area (Å²) >= 11 is 0. The first-order valence-corrected chi connectivity index (χ1v) is 7.19. The fourth-order valence-electron chi connectivity index (χ4n) is 1.99. The van der Waals surface area contributed by atoms with Crippen LogP contribution in [0.25, 0.3) is 10.4 Å². The minimum atomic E-state index is -1.17. The van der Waals surface area contributed by atoms with Gasteiger partial charge in [0.1, 0.15) is 23.3 Å². The van der Waals surface area contributed by atoms with Gasteiger partial charge in [-0.15, -0.1) is 0 Å². The number of hydrogen-bond donors (Lipinski definition) is 0. The maximum absolute atomic E-state index is 12.3. The van der Waals surface area contributed by atoms with Crippen molar-refractivity contribution < 1.29 is 23.9 Å². The number of imide groups is 1. The van der Waals surface area contributed by atoms with Crippen molar-refractivity contribution in [2.45, 2.75) is 71.2 Å². The van der Waals surface area contributed by atoms with E-state index in [-0.39, 0.29) is 6.42 Å². The molecule has 23 heavy (non-hydrogen) atoms. The first-order valence-electron chi connectivity index (χ1n) is 7.19. The molecule has 9 nitrogen and oxygen atoms in total. The first-order chi connectivity index (χ1) is 10.4. The van der Waals surface area contributed by atoms with Crippen LogP contribution in [0, 0.1) is 0 Å². The maximum Gasteiger partial charge on any atom is 0.417 e. The van der Waals surface area contributed by atoms with Crippen molar-refractivity contribution in [3.05, 3.63) is 10.4 Å². The van der Waals surface area contributed by atoms with Crippen LogP contribution in [0.15, 0.2) is 5.11 Å². The largest absolute Gasteiger partial charge is 0.458 e. The molecule has 2 atom stereocenters. The highest BCUT2D eigenvalue weighted by atomic mass is 16.6. The van der Waals surface area contributed by atoms with E-state index in [1.165, 1.54) is 0 Å². The molecule has 1 fully saturated rings. The highest BCUT2D eigenvalue weighted by molar-refractivity contribution is 6.02. The summed E-state index contributed by atoms with van der Waals surface area (Å²) < 4.78 is 10.4. The number of carbonyl (C=O) groups is 3. The zero-order valence-electron chi connectivity index (χ0n) is 14.2. The van der Waals surface area contributed by atoms with E-state index >= 15 is 0 Å². The van der Waals surface area contributed by atoms with Crippen molar-refractivity contribution in [1.82, 2.24) is 4.90 Å². The number of ether oxygens (including phenoxy) is 2. The molecule has 1 aliphatic heterocycles. The predicted octanol–water partition coefficient (Wildman–Crippen LogP) is 2.54. The Hall–Kier alpha value is -2.28. The quantitative estimate of drug-likeness (QED) is 0.334. The van der Waals surface area contributed by atoms with E-state index in [0.29, 0.717) is 4.90 Å². The summed E-state index contributed by atoms with van der Waals surface area (Å²) in [7, 11) is 0. The summed E-state index contributed by atoms with van der Waals surface area (Å²) in [5.41, 5.74) is 6.90. The fraction of sp³-hybridized carbons (Fsp3) is 0.786. The van der Waals surface area contributed by atoms with Crippen LogP contribution in [0.2, 0.25) is 0 Å². The van der Waals surface area contributed by atoms with Gasteiger partial charge in [0.25, 0.3) is 0 Å². The summed E-state index contributed by atoms with van der Waals surface area (Å²) in [5, 5.41) is 3.34. The SMILES string of the molecule is CC(C)(C)OC(=O)[C@@H]1C[C@H](N=[N+]=[N-])C(=O)N1C(=O)OC(C)(C)C. The van der Waals surface area contributed by atoms with Gasteiger partial charge in [-0.25, -0.2) is 14.5 Å². The maximum atomic E-state index is 12.3. The Morgan fingerprint density at radius 2 is 1.70 bits per heavy atom. The molecule has 0 bridgehead atoms. The van der Waals surface area contributed by atoms with Gasteiger partial charge < -0.3 is 9.47 Å². The zero-order valence-corrected chi connectivity index (χ0v) is 14.2. The molecule has 0 spiro atoms. The van der Waals surface area contributed by atoms with Crippen LogP contribution >= 0.6 is 0 Å². The van der Waals surface area contributed by atoms with Crippen molar-refractivity contribution >= 4 is 18.0 Å². The smallest absolute Gasteiger partial charge is 0.417 e. The molecule has 0 aliphatic carbocycles. The van der Waals surface area contributed by atoms with Crippen molar-refractivity contribution in [3.63, 3.8) is 0 Å². The Labute approximate surface area is 134 Å². The van der Waals surface area contributed by atoms with Crippen LogP contribution in [0.4, 0.5) is 4.79 Å². The molecule has 0 saturated carbocycles. The van der Waals surface area contributed by atoms with Gasteiger partial charge >= 0.3 is 12.1 Å². The van der Waals surface area contributed by atoms with E-state index in [1.54, 1.807) is 41.5 Å². The minimum Gasteiger partial charge on any atom is -0.458 e. The van der Waals surface area contributed by atoms with E-state index in [1.807, 2.05) is 0 Å². The van der Waals surface area contributed by atoms with Crippen molar-refractivity contribution in [1.29, 1.82) is 0 Å². The van der Waals surface area contributed by atoms with Gasteiger partial charge in [-0.3, -0.25) is 4.79 Å². The number of amides is 2. The van der Waals surface area contributed by atoms with Crippen LogP contribution in [0.1, 0.15) is 48.0 Å². The Bertz CT molecular complexity index is 554. The molecular formula is C14H22N4O5. The predicted molar refractivity (Wildman–Crippen MR) is 80.3 cm³/mol. The molecule has 1 rings (SSSR count). The fourth-order valence-corrected chi connectivity index (χ4v) is 1.99. The second-order valence-corrected chi connectivity index (χ2v) is 7.19. The van der Waals surface area contributed by atoms with Crippen LogP contribution in [-0.2, 0) is 19.1 Å². The number of hydrogen-bond acceptors (Lipinski definition) is 6. The van der Waals surface area contributed by atoms with Gasteiger partial charge in [-0.05, 0) is 53.5 Å². The molecule has 2 amide bonds. The second-order valence-electron chi connectivity index (χ2n) is 7.19. The monoisotopic (exact) mass is 326 g/mol. The minimum absolute atomic E-state index is 0.128. The molecule has 1 saturated heterocycles. The average molecular weight is 326 g/mol. The Morgan fingerprint density at radius 1 is 1.17 bits per heavy atom. The van der Waals surface area contributed by atoms with Crippen LogP contribution < -0.4 is 0 Å². The third-order valence-corrected chi connectivity index (χ3v) is 2.74. The summed E-state index contributed by atoms with van der Waals surface area (Å²) in [6, 6.07) is -2.31. The third-order valence-electron chi connectivity index (χ3n) is 2.74. The number of nitrogens with zero attached hydrogens (tertiary/aromatic N) is 4. The van der Waals surface area contributed by atoms with E-state index in [4.69, 9.17) is 15.0 Å². The summed E-state index contributed by atoms with van der Waals surface area (Å²) in [5.74, 6) is -1.51. The lowest BCUT2D eigenvalue weighted by Gasteiger charge is -2.28. The van der Waals surface area contributed by atoms with Crippen LogP contribution in [0.5, 0.6) is 0 Å². The molecule has 1 heterocycles. The summed E-state index contributed by atoms with van der Waals surface area (Å²) in [6.07, 6.45) is -1.09. The Morgan fingerprint density at radius 3 is 2.13 bits per heavy atom. The molecule has 0 radical (unpaired) electrons. The first kappa shape index (κ1) is 18.8. The number of carbonyl (C=O) groups excluding carboxylic acids is 3. The molecule has 0 aromatic rings. The highest BCUT2D eigenvalue weighted by Crippen LogP contribution is 2.27. The number of likely N-dealkylation sites (tertiary alicyclic amines) is 1. The third kappa shape index (κ3) is 5.14.